The molecule has 1 aromatic rings. The van der Waals surface area contributed by atoms with Crippen LogP contribution < -0.4 is 5.32 Å². The molecule has 0 bridgehead atoms. The highest BCUT2D eigenvalue weighted by molar-refractivity contribution is 5.78. The van der Waals surface area contributed by atoms with E-state index in [2.05, 4.69) is 29.3 Å². The SMILES string of the molecule is Cc1cccc(CC(=O)NCCN2CCCC2)c1. The summed E-state index contributed by atoms with van der Waals surface area (Å²) >= 11 is 0. The van der Waals surface area contributed by atoms with Crippen LogP contribution >= 0.6 is 0 Å². The third-order valence-electron chi connectivity index (χ3n) is 3.40. The molecule has 0 aliphatic carbocycles. The van der Waals surface area contributed by atoms with Gasteiger partial charge in [-0.3, -0.25) is 4.79 Å². The predicted octanol–water partition coefficient (Wildman–Crippen LogP) is 1.75. The number of benzene rings is 1. The normalized spacial score (nSPS) is 15.8. The zero-order valence-electron chi connectivity index (χ0n) is 11.1. The third-order valence-corrected chi connectivity index (χ3v) is 3.40. The highest BCUT2D eigenvalue weighted by atomic mass is 16.1. The lowest BCUT2D eigenvalue weighted by molar-refractivity contribution is -0.120. The Kier molecular flexibility index (Phi) is 4.76. The molecule has 3 heteroatoms. The highest BCUT2D eigenvalue weighted by Crippen LogP contribution is 2.06. The van der Waals surface area contributed by atoms with E-state index in [0.29, 0.717) is 6.42 Å². The molecule has 1 aromatic carbocycles. The van der Waals surface area contributed by atoms with E-state index in [1.54, 1.807) is 0 Å². The number of rotatable bonds is 5. The number of likely N-dealkylation sites (tertiary alicyclic amines) is 1. The number of nitrogens with zero attached hydrogens (tertiary/aromatic N) is 1. The third kappa shape index (κ3) is 4.15. The quantitative estimate of drug-likeness (QED) is 0.858. The molecule has 1 amide bonds. The van der Waals surface area contributed by atoms with Crippen molar-refractivity contribution >= 4 is 5.91 Å². The van der Waals surface area contributed by atoms with Gasteiger partial charge in [-0.15, -0.1) is 0 Å². The molecule has 3 nitrogen and oxygen atoms in total. The predicted molar refractivity (Wildman–Crippen MR) is 73.6 cm³/mol. The van der Waals surface area contributed by atoms with Gasteiger partial charge < -0.3 is 10.2 Å². The summed E-state index contributed by atoms with van der Waals surface area (Å²) in [6.45, 7) is 6.18. The summed E-state index contributed by atoms with van der Waals surface area (Å²) in [4.78, 5) is 14.2. The van der Waals surface area contributed by atoms with Crippen LogP contribution in [0.15, 0.2) is 24.3 Å². The maximum absolute atomic E-state index is 11.8. The molecule has 1 N–H and O–H groups in total. The van der Waals surface area contributed by atoms with Crippen molar-refractivity contribution in [2.45, 2.75) is 26.2 Å². The molecule has 0 radical (unpaired) electrons. The van der Waals surface area contributed by atoms with Crippen LogP contribution in [0.5, 0.6) is 0 Å². The molecule has 0 atom stereocenters. The molecule has 0 aromatic heterocycles. The van der Waals surface area contributed by atoms with Gasteiger partial charge in [-0.1, -0.05) is 29.8 Å². The highest BCUT2D eigenvalue weighted by Gasteiger charge is 2.11. The van der Waals surface area contributed by atoms with Gasteiger partial charge in [-0.05, 0) is 38.4 Å². The zero-order chi connectivity index (χ0) is 12.8. The second-order valence-electron chi connectivity index (χ2n) is 5.06. The second-order valence-corrected chi connectivity index (χ2v) is 5.06. The van der Waals surface area contributed by atoms with E-state index in [-0.39, 0.29) is 5.91 Å². The fourth-order valence-electron chi connectivity index (χ4n) is 2.43. The lowest BCUT2D eigenvalue weighted by Crippen LogP contribution is -2.34. The Labute approximate surface area is 109 Å². The van der Waals surface area contributed by atoms with Crippen molar-refractivity contribution in [1.29, 1.82) is 0 Å². The number of carbonyl (C=O) groups is 1. The molecule has 1 aliphatic rings. The van der Waals surface area contributed by atoms with Gasteiger partial charge in [0.05, 0.1) is 6.42 Å². The molecule has 1 aliphatic heterocycles. The van der Waals surface area contributed by atoms with Gasteiger partial charge in [0.15, 0.2) is 0 Å². The van der Waals surface area contributed by atoms with Gasteiger partial charge >= 0.3 is 0 Å². The monoisotopic (exact) mass is 246 g/mol. The molecule has 0 saturated carbocycles. The molecule has 98 valence electrons. The molecule has 1 fully saturated rings. The summed E-state index contributed by atoms with van der Waals surface area (Å²) in [5.74, 6) is 0.125. The van der Waals surface area contributed by atoms with Crippen molar-refractivity contribution in [3.63, 3.8) is 0 Å². The Morgan fingerprint density at radius 3 is 2.83 bits per heavy atom. The lowest BCUT2D eigenvalue weighted by Gasteiger charge is -2.14. The molecular formula is C15H22N2O. The number of carbonyl (C=O) groups excluding carboxylic acids is 1. The Morgan fingerprint density at radius 2 is 2.11 bits per heavy atom. The number of hydrogen-bond donors (Lipinski definition) is 1. The molecule has 0 spiro atoms. The molecule has 0 unspecified atom stereocenters. The van der Waals surface area contributed by atoms with Crippen molar-refractivity contribution in [1.82, 2.24) is 10.2 Å². The van der Waals surface area contributed by atoms with E-state index in [9.17, 15) is 4.79 Å². The van der Waals surface area contributed by atoms with Crippen molar-refractivity contribution in [2.75, 3.05) is 26.2 Å². The summed E-state index contributed by atoms with van der Waals surface area (Å²) in [7, 11) is 0. The van der Waals surface area contributed by atoms with Gasteiger partial charge in [0.2, 0.25) is 5.91 Å². The van der Waals surface area contributed by atoms with E-state index in [4.69, 9.17) is 0 Å². The molecule has 1 heterocycles. The Hall–Kier alpha value is -1.35. The smallest absolute Gasteiger partial charge is 0.224 e. The van der Waals surface area contributed by atoms with Gasteiger partial charge in [-0.2, -0.15) is 0 Å². The van der Waals surface area contributed by atoms with Crippen LogP contribution in [0.1, 0.15) is 24.0 Å². The fourth-order valence-corrected chi connectivity index (χ4v) is 2.43. The van der Waals surface area contributed by atoms with Gasteiger partial charge in [0, 0.05) is 13.1 Å². The van der Waals surface area contributed by atoms with Crippen LogP contribution in [0.25, 0.3) is 0 Å². The van der Waals surface area contributed by atoms with Crippen LogP contribution in [-0.2, 0) is 11.2 Å². The van der Waals surface area contributed by atoms with Crippen molar-refractivity contribution in [2.24, 2.45) is 0 Å². The van der Waals surface area contributed by atoms with Gasteiger partial charge in [-0.25, -0.2) is 0 Å². The standard InChI is InChI=1S/C15H22N2O/c1-13-5-4-6-14(11-13)12-15(18)16-7-10-17-8-2-3-9-17/h4-6,11H,2-3,7-10,12H2,1H3,(H,16,18). The van der Waals surface area contributed by atoms with Crippen molar-refractivity contribution in [3.8, 4) is 0 Å². The lowest BCUT2D eigenvalue weighted by atomic mass is 10.1. The number of aryl methyl sites for hydroxylation is 1. The van der Waals surface area contributed by atoms with Crippen LogP contribution in [0.4, 0.5) is 0 Å². The summed E-state index contributed by atoms with van der Waals surface area (Å²) in [5, 5.41) is 3.00. The first kappa shape index (κ1) is 13.1. The van der Waals surface area contributed by atoms with Gasteiger partial charge in [0.25, 0.3) is 0 Å². The zero-order valence-corrected chi connectivity index (χ0v) is 11.1. The first-order valence-electron chi connectivity index (χ1n) is 6.78. The summed E-state index contributed by atoms with van der Waals surface area (Å²) in [6, 6.07) is 8.13. The minimum atomic E-state index is 0.125. The fraction of sp³-hybridized carbons (Fsp3) is 0.533. The van der Waals surface area contributed by atoms with Crippen LogP contribution in [0, 0.1) is 6.92 Å². The van der Waals surface area contributed by atoms with Crippen LogP contribution in [-0.4, -0.2) is 37.0 Å². The average Bonchev–Trinajstić information content (AvgIpc) is 2.82. The van der Waals surface area contributed by atoms with E-state index in [1.165, 1.54) is 31.5 Å². The van der Waals surface area contributed by atoms with Crippen molar-refractivity contribution in [3.05, 3.63) is 35.4 Å². The number of hydrogen-bond acceptors (Lipinski definition) is 2. The molecule has 2 rings (SSSR count). The number of amides is 1. The maximum Gasteiger partial charge on any atom is 0.224 e. The minimum absolute atomic E-state index is 0.125. The summed E-state index contributed by atoms with van der Waals surface area (Å²) in [6.07, 6.45) is 3.09. The first-order valence-corrected chi connectivity index (χ1v) is 6.78. The topological polar surface area (TPSA) is 32.3 Å². The van der Waals surface area contributed by atoms with E-state index in [1.807, 2.05) is 12.1 Å². The van der Waals surface area contributed by atoms with E-state index >= 15 is 0 Å². The Morgan fingerprint density at radius 1 is 1.33 bits per heavy atom. The second kappa shape index (κ2) is 6.55. The maximum atomic E-state index is 11.8. The Bertz CT molecular complexity index is 397. The molecule has 18 heavy (non-hydrogen) atoms. The average molecular weight is 246 g/mol. The van der Waals surface area contributed by atoms with Crippen molar-refractivity contribution < 1.29 is 4.79 Å². The van der Waals surface area contributed by atoms with Crippen LogP contribution in [0.3, 0.4) is 0 Å². The van der Waals surface area contributed by atoms with E-state index < -0.39 is 0 Å². The van der Waals surface area contributed by atoms with Gasteiger partial charge in [0.1, 0.15) is 0 Å². The van der Waals surface area contributed by atoms with E-state index in [0.717, 1.165) is 18.7 Å². The first-order chi connectivity index (χ1) is 8.74. The Balaban J connectivity index is 1.68. The minimum Gasteiger partial charge on any atom is -0.355 e. The summed E-state index contributed by atoms with van der Waals surface area (Å²) in [5.41, 5.74) is 2.30. The summed E-state index contributed by atoms with van der Waals surface area (Å²) < 4.78 is 0. The molecule has 1 saturated heterocycles. The molecular weight excluding hydrogens is 224 g/mol. The number of nitrogens with one attached hydrogen (secondary N) is 1. The van der Waals surface area contributed by atoms with Crippen LogP contribution in [0.2, 0.25) is 0 Å². The largest absolute Gasteiger partial charge is 0.355 e.